The normalized spacial score (nSPS) is 13.4. The number of imide groups is 1. The van der Waals surface area contributed by atoms with E-state index in [1.807, 2.05) is 6.92 Å². The number of hydrogen-bond donors (Lipinski definition) is 3. The number of amides is 3. The van der Waals surface area contributed by atoms with Gasteiger partial charge in [-0.2, -0.15) is 0 Å². The molecule has 0 rings (SSSR count). The van der Waals surface area contributed by atoms with Crippen molar-refractivity contribution in [1.82, 2.24) is 10.6 Å². The lowest BCUT2D eigenvalue weighted by atomic mass is 10.0. The zero-order chi connectivity index (χ0) is 14.8. The van der Waals surface area contributed by atoms with E-state index in [4.69, 9.17) is 5.11 Å². The van der Waals surface area contributed by atoms with Crippen LogP contribution in [0.2, 0.25) is 0 Å². The van der Waals surface area contributed by atoms with Crippen LogP contribution in [-0.4, -0.2) is 29.1 Å². The Morgan fingerprint density at radius 3 is 2.32 bits per heavy atom. The van der Waals surface area contributed by atoms with E-state index in [1.54, 1.807) is 0 Å². The Morgan fingerprint density at radius 2 is 1.79 bits per heavy atom. The molecule has 2 unspecified atom stereocenters. The summed E-state index contributed by atoms with van der Waals surface area (Å²) in [6.07, 6.45) is 2.11. The van der Waals surface area contributed by atoms with Crippen molar-refractivity contribution in [3.05, 3.63) is 0 Å². The third kappa shape index (κ3) is 10.1. The topological polar surface area (TPSA) is 95.5 Å². The van der Waals surface area contributed by atoms with Gasteiger partial charge in [-0.15, -0.1) is 0 Å². The van der Waals surface area contributed by atoms with Gasteiger partial charge < -0.3 is 10.4 Å². The monoisotopic (exact) mass is 272 g/mol. The van der Waals surface area contributed by atoms with Gasteiger partial charge >= 0.3 is 12.0 Å². The second kappa shape index (κ2) is 9.35. The first kappa shape index (κ1) is 17.4. The molecule has 0 aromatic rings. The maximum Gasteiger partial charge on any atom is 0.321 e. The zero-order valence-corrected chi connectivity index (χ0v) is 11.9. The fourth-order valence-corrected chi connectivity index (χ4v) is 1.68. The van der Waals surface area contributed by atoms with Crippen LogP contribution in [0.3, 0.4) is 0 Å². The number of rotatable bonds is 8. The van der Waals surface area contributed by atoms with Crippen molar-refractivity contribution >= 4 is 17.9 Å². The van der Waals surface area contributed by atoms with Gasteiger partial charge in [-0.1, -0.05) is 20.3 Å². The minimum atomic E-state index is -0.945. The predicted octanol–water partition coefficient (Wildman–Crippen LogP) is 1.89. The number of carboxylic acids is 1. The molecule has 0 aliphatic rings. The van der Waals surface area contributed by atoms with Crippen LogP contribution in [-0.2, 0) is 9.59 Å². The van der Waals surface area contributed by atoms with Crippen LogP contribution in [0.15, 0.2) is 0 Å². The summed E-state index contributed by atoms with van der Waals surface area (Å²) >= 11 is 0. The highest BCUT2D eigenvalue weighted by atomic mass is 16.4. The zero-order valence-electron chi connectivity index (χ0n) is 11.9. The molecule has 6 nitrogen and oxygen atoms in total. The fourth-order valence-electron chi connectivity index (χ4n) is 1.68. The predicted molar refractivity (Wildman–Crippen MR) is 71.7 cm³/mol. The summed E-state index contributed by atoms with van der Waals surface area (Å²) in [6.45, 7) is 6.08. The Balaban J connectivity index is 3.84. The van der Waals surface area contributed by atoms with E-state index in [-0.39, 0.29) is 25.3 Å². The Labute approximate surface area is 113 Å². The van der Waals surface area contributed by atoms with Crippen molar-refractivity contribution in [3.63, 3.8) is 0 Å². The van der Waals surface area contributed by atoms with Gasteiger partial charge in [0.2, 0.25) is 5.91 Å². The Kier molecular flexibility index (Phi) is 8.57. The highest BCUT2D eigenvalue weighted by Gasteiger charge is 2.12. The maximum atomic E-state index is 11.5. The summed E-state index contributed by atoms with van der Waals surface area (Å²) in [4.78, 5) is 33.1. The van der Waals surface area contributed by atoms with Gasteiger partial charge in [0.25, 0.3) is 0 Å². The Hall–Kier alpha value is -1.59. The molecule has 0 bridgehead atoms. The molecule has 2 atom stereocenters. The number of carbonyl (C=O) groups excluding carboxylic acids is 2. The highest BCUT2D eigenvalue weighted by Crippen LogP contribution is 2.09. The Morgan fingerprint density at radius 1 is 1.16 bits per heavy atom. The van der Waals surface area contributed by atoms with E-state index < -0.39 is 17.9 Å². The number of carboxylic acid groups (broad SMARTS) is 1. The SMILES string of the molecule is CCC(C)CC(C)NC(=O)NC(=O)CCCC(=O)O. The van der Waals surface area contributed by atoms with Gasteiger partial charge in [0.1, 0.15) is 0 Å². The molecule has 0 aliphatic carbocycles. The summed E-state index contributed by atoms with van der Waals surface area (Å²) in [7, 11) is 0. The molecule has 110 valence electrons. The summed E-state index contributed by atoms with van der Waals surface area (Å²) in [5.41, 5.74) is 0. The van der Waals surface area contributed by atoms with Crippen molar-refractivity contribution in [2.24, 2.45) is 5.92 Å². The first-order chi connectivity index (χ1) is 8.85. The molecule has 0 spiro atoms. The summed E-state index contributed by atoms with van der Waals surface area (Å²) < 4.78 is 0. The lowest BCUT2D eigenvalue weighted by molar-refractivity contribution is -0.137. The molecule has 19 heavy (non-hydrogen) atoms. The molecule has 3 amide bonds. The van der Waals surface area contributed by atoms with Crippen LogP contribution in [0.25, 0.3) is 0 Å². The van der Waals surface area contributed by atoms with E-state index >= 15 is 0 Å². The van der Waals surface area contributed by atoms with Crippen LogP contribution >= 0.6 is 0 Å². The van der Waals surface area contributed by atoms with Gasteiger partial charge in [0.15, 0.2) is 0 Å². The largest absolute Gasteiger partial charge is 0.481 e. The average molecular weight is 272 g/mol. The van der Waals surface area contributed by atoms with Gasteiger partial charge in [-0.3, -0.25) is 14.9 Å². The van der Waals surface area contributed by atoms with Gasteiger partial charge in [0.05, 0.1) is 0 Å². The molecular formula is C13H24N2O4. The highest BCUT2D eigenvalue weighted by molar-refractivity contribution is 5.94. The molecule has 0 fully saturated rings. The summed E-state index contributed by atoms with van der Waals surface area (Å²) in [6, 6.07) is -0.516. The third-order valence-electron chi connectivity index (χ3n) is 2.88. The molecule has 0 heterocycles. The number of urea groups is 1. The minimum Gasteiger partial charge on any atom is -0.481 e. The van der Waals surface area contributed by atoms with Gasteiger partial charge in [0, 0.05) is 18.9 Å². The molecule has 0 saturated heterocycles. The molecule has 6 heteroatoms. The Bertz CT molecular complexity index is 318. The van der Waals surface area contributed by atoms with E-state index in [9.17, 15) is 14.4 Å². The van der Waals surface area contributed by atoms with Gasteiger partial charge in [-0.05, 0) is 25.7 Å². The first-order valence-electron chi connectivity index (χ1n) is 6.67. The molecule has 0 aliphatic heterocycles. The van der Waals surface area contributed by atoms with Crippen molar-refractivity contribution in [2.75, 3.05) is 0 Å². The van der Waals surface area contributed by atoms with Crippen molar-refractivity contribution in [3.8, 4) is 0 Å². The van der Waals surface area contributed by atoms with Crippen LogP contribution in [0.1, 0.15) is 52.9 Å². The van der Waals surface area contributed by atoms with Gasteiger partial charge in [-0.25, -0.2) is 4.79 Å². The molecule has 0 aromatic heterocycles. The van der Waals surface area contributed by atoms with Crippen molar-refractivity contribution in [2.45, 2.75) is 58.9 Å². The molecule has 0 aromatic carbocycles. The third-order valence-corrected chi connectivity index (χ3v) is 2.88. The van der Waals surface area contributed by atoms with Crippen molar-refractivity contribution in [1.29, 1.82) is 0 Å². The minimum absolute atomic E-state index is 0.00164. The number of carbonyl (C=O) groups is 3. The van der Waals surface area contributed by atoms with E-state index in [1.165, 1.54) is 0 Å². The number of hydrogen-bond acceptors (Lipinski definition) is 3. The van der Waals surface area contributed by atoms with Crippen molar-refractivity contribution < 1.29 is 19.5 Å². The summed E-state index contributed by atoms with van der Waals surface area (Å²) in [5.74, 6) is -0.879. The molecule has 3 N–H and O–H groups in total. The number of aliphatic carboxylic acids is 1. The number of nitrogens with one attached hydrogen (secondary N) is 2. The standard InChI is InChI=1S/C13H24N2O4/c1-4-9(2)8-10(3)14-13(19)15-11(16)6-5-7-12(17)18/h9-10H,4-8H2,1-3H3,(H,17,18)(H2,14,15,16,19). The van der Waals surface area contributed by atoms with E-state index in [0.29, 0.717) is 5.92 Å². The van der Waals surface area contributed by atoms with Crippen LogP contribution in [0.5, 0.6) is 0 Å². The lowest BCUT2D eigenvalue weighted by Gasteiger charge is -2.17. The molecule has 0 saturated carbocycles. The summed E-state index contributed by atoms with van der Waals surface area (Å²) in [5, 5.41) is 13.3. The molecule has 0 radical (unpaired) electrons. The second-order valence-corrected chi connectivity index (χ2v) is 4.92. The van der Waals surface area contributed by atoms with E-state index in [0.717, 1.165) is 12.8 Å². The fraction of sp³-hybridized carbons (Fsp3) is 0.769. The lowest BCUT2D eigenvalue weighted by Crippen LogP contribution is -2.43. The second-order valence-electron chi connectivity index (χ2n) is 4.92. The van der Waals surface area contributed by atoms with Crippen LogP contribution in [0, 0.1) is 5.92 Å². The van der Waals surface area contributed by atoms with E-state index in [2.05, 4.69) is 24.5 Å². The van der Waals surface area contributed by atoms with Crippen LogP contribution < -0.4 is 10.6 Å². The average Bonchev–Trinajstić information content (AvgIpc) is 2.27. The van der Waals surface area contributed by atoms with Crippen LogP contribution in [0.4, 0.5) is 4.79 Å². The maximum absolute atomic E-state index is 11.5. The molecular weight excluding hydrogens is 248 g/mol. The first-order valence-corrected chi connectivity index (χ1v) is 6.67. The smallest absolute Gasteiger partial charge is 0.321 e. The quantitative estimate of drug-likeness (QED) is 0.628.